The van der Waals surface area contributed by atoms with Gasteiger partial charge in [-0.05, 0) is 23.7 Å². The molecule has 1 aromatic carbocycles. The average molecular weight is 540 g/mol. The van der Waals surface area contributed by atoms with E-state index < -0.39 is 69.0 Å². The number of methoxy groups -OCH3 is 1. The van der Waals surface area contributed by atoms with Crippen LogP contribution in [0.1, 0.15) is 33.3 Å². The monoisotopic (exact) mass is 539 g/mol. The number of benzene rings is 1. The zero-order valence-corrected chi connectivity index (χ0v) is 23.8. The molecular weight excluding hydrogens is 498 g/mol. The molecule has 0 aliphatic heterocycles. The number of amides is 1. The molecule has 3 N–H and O–H groups in total. The van der Waals surface area contributed by atoms with Crippen LogP contribution in [0.2, 0.25) is 18.1 Å². The maximum atomic E-state index is 13.2. The molecule has 0 aromatic heterocycles. The minimum atomic E-state index is -2.46. The predicted molar refractivity (Wildman–Crippen MR) is 138 cm³/mol. The number of esters is 2. The van der Waals surface area contributed by atoms with Crippen LogP contribution in [-0.2, 0) is 34.8 Å². The van der Waals surface area contributed by atoms with Crippen LogP contribution in [0.4, 0.5) is 4.79 Å². The summed E-state index contributed by atoms with van der Waals surface area (Å²) >= 11 is 0. The third-order valence-electron chi connectivity index (χ3n) is 7.62. The fourth-order valence-electron chi connectivity index (χ4n) is 4.59. The molecule has 37 heavy (non-hydrogen) atoms. The van der Waals surface area contributed by atoms with Crippen molar-refractivity contribution in [2.75, 3.05) is 26.9 Å². The number of aliphatic hydroxyl groups is 2. The molecule has 0 heterocycles. The van der Waals surface area contributed by atoms with E-state index in [1.165, 1.54) is 14.0 Å². The van der Waals surface area contributed by atoms with Crippen molar-refractivity contribution in [3.63, 3.8) is 0 Å². The molecule has 1 amide bonds. The van der Waals surface area contributed by atoms with Crippen molar-refractivity contribution < 1.29 is 43.2 Å². The lowest BCUT2D eigenvalue weighted by molar-refractivity contribution is -0.159. The van der Waals surface area contributed by atoms with Gasteiger partial charge in [0.05, 0.1) is 19.6 Å². The molecule has 0 radical (unpaired) electrons. The van der Waals surface area contributed by atoms with Crippen LogP contribution in [0.25, 0.3) is 0 Å². The van der Waals surface area contributed by atoms with Gasteiger partial charge in [0.1, 0.15) is 18.2 Å². The average Bonchev–Trinajstić information content (AvgIpc) is 3.08. The Balaban J connectivity index is 2.58. The summed E-state index contributed by atoms with van der Waals surface area (Å²) in [7, 11) is -1.27. The molecule has 0 bridgehead atoms. The number of nitrogens with one attached hydrogen (secondary N) is 1. The van der Waals surface area contributed by atoms with Crippen molar-refractivity contribution in [2.24, 2.45) is 17.8 Å². The van der Waals surface area contributed by atoms with Crippen LogP contribution in [0, 0.1) is 17.8 Å². The third-order valence-corrected chi connectivity index (χ3v) is 12.1. The van der Waals surface area contributed by atoms with Crippen molar-refractivity contribution in [1.82, 2.24) is 5.32 Å². The smallest absolute Gasteiger partial charge is 0.408 e. The van der Waals surface area contributed by atoms with Crippen molar-refractivity contribution in [2.45, 2.75) is 64.1 Å². The number of ether oxygens (including phenoxy) is 3. The first-order valence-corrected chi connectivity index (χ1v) is 15.2. The highest BCUT2D eigenvalue weighted by atomic mass is 28.4. The summed E-state index contributed by atoms with van der Waals surface area (Å²) < 4.78 is 22.6. The van der Waals surface area contributed by atoms with E-state index in [4.69, 9.17) is 18.6 Å². The maximum Gasteiger partial charge on any atom is 0.408 e. The molecule has 0 spiro atoms. The number of aliphatic hydroxyl groups excluding tert-OH is 2. The molecule has 1 saturated carbocycles. The first kappa shape index (κ1) is 30.7. The quantitative estimate of drug-likeness (QED) is 0.232. The van der Waals surface area contributed by atoms with E-state index in [9.17, 15) is 24.6 Å². The van der Waals surface area contributed by atoms with Crippen LogP contribution in [0.5, 0.6) is 0 Å². The molecule has 208 valence electrons. The summed E-state index contributed by atoms with van der Waals surface area (Å²) in [5.74, 6) is -4.39. The van der Waals surface area contributed by atoms with Gasteiger partial charge in [-0.3, -0.25) is 9.59 Å². The minimum absolute atomic E-state index is 0.0418. The molecule has 2 rings (SSSR count). The molecule has 1 aliphatic rings. The Morgan fingerprint density at radius 2 is 1.65 bits per heavy atom. The maximum absolute atomic E-state index is 13.2. The first-order chi connectivity index (χ1) is 17.2. The van der Waals surface area contributed by atoms with Gasteiger partial charge in [0, 0.05) is 32.0 Å². The summed E-state index contributed by atoms with van der Waals surface area (Å²) in [6.45, 7) is 10.0. The summed E-state index contributed by atoms with van der Waals surface area (Å²) in [5.41, 5.74) is -0.929. The fraction of sp³-hybridized carbons (Fsp3) is 0.654. The summed E-state index contributed by atoms with van der Waals surface area (Å²) in [4.78, 5) is 38.6. The number of hydrogen-bond donors (Lipinski definition) is 3. The Kier molecular flexibility index (Phi) is 10.3. The van der Waals surface area contributed by atoms with Gasteiger partial charge < -0.3 is 34.2 Å². The highest BCUT2D eigenvalue weighted by Gasteiger charge is 2.66. The minimum Gasteiger partial charge on any atom is -0.469 e. The van der Waals surface area contributed by atoms with Gasteiger partial charge in [-0.1, -0.05) is 51.1 Å². The van der Waals surface area contributed by atoms with Crippen molar-refractivity contribution in [3.8, 4) is 0 Å². The lowest BCUT2D eigenvalue weighted by Gasteiger charge is -2.44. The summed E-state index contributed by atoms with van der Waals surface area (Å²) in [6, 6.07) is 9.04. The molecule has 0 unspecified atom stereocenters. The van der Waals surface area contributed by atoms with Gasteiger partial charge in [0.15, 0.2) is 8.32 Å². The van der Waals surface area contributed by atoms with Crippen molar-refractivity contribution >= 4 is 26.3 Å². The molecule has 0 saturated heterocycles. The highest BCUT2D eigenvalue weighted by molar-refractivity contribution is 6.74. The topological polar surface area (TPSA) is 141 Å². The molecule has 1 aliphatic carbocycles. The van der Waals surface area contributed by atoms with Crippen LogP contribution in [-0.4, -0.2) is 75.1 Å². The van der Waals surface area contributed by atoms with E-state index in [0.717, 1.165) is 5.56 Å². The second kappa shape index (κ2) is 12.4. The predicted octanol–water partition coefficient (Wildman–Crippen LogP) is 2.62. The number of alkyl carbamates (subject to hydrolysis) is 1. The van der Waals surface area contributed by atoms with Crippen LogP contribution in [0.3, 0.4) is 0 Å². The number of hydrogen-bond acceptors (Lipinski definition) is 9. The van der Waals surface area contributed by atoms with Gasteiger partial charge in [-0.2, -0.15) is 0 Å². The molecule has 1 fully saturated rings. The van der Waals surface area contributed by atoms with E-state index >= 15 is 0 Å². The van der Waals surface area contributed by atoms with E-state index in [1.807, 2.05) is 52.1 Å². The number of carbonyl (C=O) groups excluding carboxylic acids is 3. The zero-order chi connectivity index (χ0) is 28.0. The van der Waals surface area contributed by atoms with Crippen molar-refractivity contribution in [1.29, 1.82) is 0 Å². The lowest BCUT2D eigenvalue weighted by atomic mass is 9.82. The number of carbonyl (C=O) groups is 3. The Morgan fingerprint density at radius 3 is 2.14 bits per heavy atom. The largest absolute Gasteiger partial charge is 0.469 e. The van der Waals surface area contributed by atoms with E-state index in [0.29, 0.717) is 0 Å². The number of rotatable bonds is 10. The zero-order valence-electron chi connectivity index (χ0n) is 22.8. The third kappa shape index (κ3) is 6.89. The van der Waals surface area contributed by atoms with E-state index in [1.54, 1.807) is 12.1 Å². The molecule has 1 aromatic rings. The van der Waals surface area contributed by atoms with Gasteiger partial charge in [0.2, 0.25) is 0 Å². The van der Waals surface area contributed by atoms with Crippen molar-refractivity contribution in [3.05, 3.63) is 35.9 Å². The molecular formula is C26H41NO9Si. The summed E-state index contributed by atoms with van der Waals surface area (Å²) in [5, 5.41) is 23.1. The lowest BCUT2D eigenvalue weighted by Crippen LogP contribution is -2.65. The normalized spacial score (nSPS) is 25.9. The van der Waals surface area contributed by atoms with E-state index in [-0.39, 0.29) is 18.3 Å². The first-order valence-electron chi connectivity index (χ1n) is 12.3. The fourth-order valence-corrected chi connectivity index (χ4v) is 5.62. The Bertz CT molecular complexity index is 934. The standard InChI is InChI=1S/C26H41NO9Si/c1-17(30)36-22-20(14-29)19(13-28)21(23(31)33-5)26(22,16-35-37(6,7)25(2,3)4)27-24(32)34-15-18-11-9-8-10-12-18/h8-12,19-22,28-29H,13-16H2,1-7H3,(H,27,32)/t19-,20-,21+,22+,26+/m1/s1. The van der Waals surface area contributed by atoms with Gasteiger partial charge in [0.25, 0.3) is 0 Å². The second-order valence-corrected chi connectivity index (χ2v) is 15.8. The Morgan fingerprint density at radius 1 is 1.05 bits per heavy atom. The molecule has 10 nitrogen and oxygen atoms in total. The summed E-state index contributed by atoms with van der Waals surface area (Å²) in [6.07, 6.45) is -2.07. The van der Waals surface area contributed by atoms with Gasteiger partial charge in [-0.15, -0.1) is 0 Å². The Hall–Kier alpha value is -2.47. The van der Waals surface area contributed by atoms with E-state index in [2.05, 4.69) is 5.32 Å². The van der Waals surface area contributed by atoms with Crippen LogP contribution in [0.15, 0.2) is 30.3 Å². The van der Waals surface area contributed by atoms with Gasteiger partial charge >= 0.3 is 18.0 Å². The molecule has 11 heteroatoms. The highest BCUT2D eigenvalue weighted by Crippen LogP contribution is 2.48. The second-order valence-electron chi connectivity index (χ2n) is 11.0. The van der Waals surface area contributed by atoms with Crippen LogP contribution < -0.4 is 5.32 Å². The molecule has 5 atom stereocenters. The SMILES string of the molecule is COC(=O)[C@@H]1[C@H](CO)[C@@H](CO)[C@H](OC(C)=O)[C@@]1(CO[Si](C)(C)C(C)(C)C)NC(=O)OCc1ccccc1. The Labute approximate surface area is 219 Å². The van der Waals surface area contributed by atoms with Crippen LogP contribution >= 0.6 is 0 Å². The van der Waals surface area contributed by atoms with Gasteiger partial charge in [-0.25, -0.2) is 4.79 Å².